The predicted molar refractivity (Wildman–Crippen MR) is 66.9 cm³/mol. The molecule has 0 fully saturated rings. The lowest BCUT2D eigenvalue weighted by Gasteiger charge is -2.07. The molecule has 0 unspecified atom stereocenters. The van der Waals surface area contributed by atoms with Crippen molar-refractivity contribution >= 4 is 0 Å². The van der Waals surface area contributed by atoms with E-state index in [1.165, 1.54) is 18.2 Å². The second kappa shape index (κ2) is 5.02. The lowest BCUT2D eigenvalue weighted by atomic mass is 9.99. The number of aromatic nitrogens is 1. The maximum absolute atomic E-state index is 12.7. The van der Waals surface area contributed by atoms with E-state index < -0.39 is 12.0 Å². The first-order valence-corrected chi connectivity index (χ1v) is 5.55. The lowest BCUT2D eigenvalue weighted by Crippen LogP contribution is -2.12. The van der Waals surface area contributed by atoms with Crippen LogP contribution in [0.1, 0.15) is 23.2 Å². The summed E-state index contributed by atoms with van der Waals surface area (Å²) < 4.78 is 25.3. The molecule has 19 heavy (non-hydrogen) atoms. The van der Waals surface area contributed by atoms with Crippen molar-refractivity contribution in [1.82, 2.24) is 4.98 Å². The molecule has 0 atom stereocenters. The number of alkyl halides is 2. The second-order valence-corrected chi connectivity index (χ2v) is 4.11. The second-order valence-electron chi connectivity index (χ2n) is 4.11. The van der Waals surface area contributed by atoms with E-state index in [1.54, 1.807) is 25.1 Å². The summed E-state index contributed by atoms with van der Waals surface area (Å²) in [5, 5.41) is 9.01. The Hall–Kier alpha value is -2.48. The number of H-pyrrole nitrogens is 1. The van der Waals surface area contributed by atoms with Crippen molar-refractivity contribution in [2.45, 2.75) is 13.3 Å². The van der Waals surface area contributed by atoms with Crippen LogP contribution in [-0.4, -0.2) is 4.98 Å². The summed E-state index contributed by atoms with van der Waals surface area (Å²) in [7, 11) is 0. The van der Waals surface area contributed by atoms with E-state index in [-0.39, 0.29) is 11.1 Å². The SMILES string of the molecule is Cc1cc(-c2cccc(C(F)F)c2)c(C#N)c(=O)[nH]1. The van der Waals surface area contributed by atoms with Crippen molar-refractivity contribution in [3.05, 3.63) is 57.5 Å². The molecule has 3 nitrogen and oxygen atoms in total. The average molecular weight is 260 g/mol. The zero-order valence-electron chi connectivity index (χ0n) is 10.1. The topological polar surface area (TPSA) is 56.6 Å². The van der Waals surface area contributed by atoms with Gasteiger partial charge in [-0.15, -0.1) is 0 Å². The van der Waals surface area contributed by atoms with Gasteiger partial charge in [0.15, 0.2) is 0 Å². The standard InChI is InChI=1S/C14H10F2N2O/c1-8-5-11(12(7-17)14(19)18-8)9-3-2-4-10(6-9)13(15)16/h2-6,13H,1H3,(H,18,19). The van der Waals surface area contributed by atoms with Gasteiger partial charge in [0, 0.05) is 16.8 Å². The van der Waals surface area contributed by atoms with Gasteiger partial charge in [-0.1, -0.05) is 18.2 Å². The van der Waals surface area contributed by atoms with E-state index in [9.17, 15) is 13.6 Å². The Labute approximate surface area is 108 Å². The van der Waals surface area contributed by atoms with Gasteiger partial charge in [0.1, 0.15) is 11.6 Å². The van der Waals surface area contributed by atoms with Gasteiger partial charge in [0.05, 0.1) is 0 Å². The van der Waals surface area contributed by atoms with E-state index in [0.717, 1.165) is 0 Å². The molecule has 2 rings (SSSR count). The predicted octanol–water partition coefficient (Wildman–Crippen LogP) is 3.16. The van der Waals surface area contributed by atoms with Gasteiger partial charge in [-0.25, -0.2) is 8.78 Å². The first-order valence-electron chi connectivity index (χ1n) is 5.55. The number of hydrogen-bond acceptors (Lipinski definition) is 2. The molecule has 2 aromatic rings. The normalized spacial score (nSPS) is 10.5. The van der Waals surface area contributed by atoms with Crippen molar-refractivity contribution in [2.24, 2.45) is 0 Å². The minimum absolute atomic E-state index is 0.0722. The molecule has 0 spiro atoms. The van der Waals surface area contributed by atoms with E-state index in [1.807, 2.05) is 0 Å². The summed E-state index contributed by atoms with van der Waals surface area (Å²) in [6, 6.07) is 9.08. The molecule has 0 bridgehead atoms. The zero-order chi connectivity index (χ0) is 14.0. The van der Waals surface area contributed by atoms with Crippen LogP contribution in [0, 0.1) is 18.3 Å². The quantitative estimate of drug-likeness (QED) is 0.901. The monoisotopic (exact) mass is 260 g/mol. The maximum atomic E-state index is 12.7. The largest absolute Gasteiger partial charge is 0.325 e. The Balaban J connectivity index is 2.69. The number of benzene rings is 1. The fraction of sp³-hybridized carbons (Fsp3) is 0.143. The van der Waals surface area contributed by atoms with Crippen LogP contribution in [0.15, 0.2) is 35.1 Å². The van der Waals surface area contributed by atoms with Gasteiger partial charge in [0.25, 0.3) is 12.0 Å². The Morgan fingerprint density at radius 2 is 2.05 bits per heavy atom. The van der Waals surface area contributed by atoms with Crippen molar-refractivity contribution in [2.75, 3.05) is 0 Å². The molecule has 0 radical (unpaired) electrons. The van der Waals surface area contributed by atoms with Gasteiger partial charge in [0.2, 0.25) is 0 Å². The number of nitriles is 1. The van der Waals surface area contributed by atoms with E-state index in [2.05, 4.69) is 4.98 Å². The third-order valence-corrected chi connectivity index (χ3v) is 2.73. The van der Waals surface area contributed by atoms with E-state index >= 15 is 0 Å². The summed E-state index contributed by atoms with van der Waals surface area (Å²) in [4.78, 5) is 14.2. The Morgan fingerprint density at radius 1 is 1.32 bits per heavy atom. The van der Waals surface area contributed by atoms with E-state index in [4.69, 9.17) is 5.26 Å². The number of rotatable bonds is 2. The molecular formula is C14H10F2N2O. The number of nitrogens with zero attached hydrogens (tertiary/aromatic N) is 1. The zero-order valence-corrected chi connectivity index (χ0v) is 10.1. The fourth-order valence-corrected chi connectivity index (χ4v) is 1.87. The Bertz CT molecular complexity index is 714. The summed E-state index contributed by atoms with van der Waals surface area (Å²) in [6.07, 6.45) is -2.59. The summed E-state index contributed by atoms with van der Waals surface area (Å²) in [6.45, 7) is 1.67. The van der Waals surface area contributed by atoms with Crippen LogP contribution >= 0.6 is 0 Å². The molecule has 1 aromatic heterocycles. The van der Waals surface area contributed by atoms with Gasteiger partial charge in [-0.3, -0.25) is 4.79 Å². The Morgan fingerprint density at radius 3 is 2.68 bits per heavy atom. The average Bonchev–Trinajstić information content (AvgIpc) is 2.38. The molecule has 0 saturated heterocycles. The van der Waals surface area contributed by atoms with Gasteiger partial charge in [-0.05, 0) is 24.6 Å². The number of nitrogens with one attached hydrogen (secondary N) is 1. The lowest BCUT2D eigenvalue weighted by molar-refractivity contribution is 0.151. The minimum atomic E-state index is -2.59. The number of hydrogen-bond donors (Lipinski definition) is 1. The van der Waals surface area contributed by atoms with Crippen molar-refractivity contribution in [3.63, 3.8) is 0 Å². The van der Waals surface area contributed by atoms with Gasteiger partial charge >= 0.3 is 0 Å². The van der Waals surface area contributed by atoms with Crippen LogP contribution in [0.3, 0.4) is 0 Å². The third-order valence-electron chi connectivity index (χ3n) is 2.73. The van der Waals surface area contributed by atoms with E-state index in [0.29, 0.717) is 16.8 Å². The van der Waals surface area contributed by atoms with Crippen LogP contribution in [0.2, 0.25) is 0 Å². The van der Waals surface area contributed by atoms with Crippen molar-refractivity contribution in [3.8, 4) is 17.2 Å². The van der Waals surface area contributed by atoms with Crippen LogP contribution in [0.5, 0.6) is 0 Å². The molecule has 0 saturated carbocycles. The third kappa shape index (κ3) is 2.52. The van der Waals surface area contributed by atoms with Crippen molar-refractivity contribution < 1.29 is 8.78 Å². The van der Waals surface area contributed by atoms with Crippen LogP contribution in [0.25, 0.3) is 11.1 Å². The van der Waals surface area contributed by atoms with Crippen LogP contribution < -0.4 is 5.56 Å². The molecule has 1 heterocycles. The molecule has 0 aliphatic heterocycles. The molecule has 96 valence electrons. The number of aryl methyl sites for hydroxylation is 1. The number of pyridine rings is 1. The summed E-state index contributed by atoms with van der Waals surface area (Å²) in [5.74, 6) is 0. The highest BCUT2D eigenvalue weighted by molar-refractivity contribution is 5.70. The Kier molecular flexibility index (Phi) is 3.43. The minimum Gasteiger partial charge on any atom is -0.325 e. The highest BCUT2D eigenvalue weighted by Gasteiger charge is 2.13. The van der Waals surface area contributed by atoms with Crippen LogP contribution in [0.4, 0.5) is 8.78 Å². The fourth-order valence-electron chi connectivity index (χ4n) is 1.87. The maximum Gasteiger partial charge on any atom is 0.266 e. The molecule has 1 aromatic carbocycles. The molecular weight excluding hydrogens is 250 g/mol. The van der Waals surface area contributed by atoms with Crippen LogP contribution in [-0.2, 0) is 0 Å². The smallest absolute Gasteiger partial charge is 0.266 e. The van der Waals surface area contributed by atoms with Crippen molar-refractivity contribution in [1.29, 1.82) is 5.26 Å². The molecule has 0 amide bonds. The summed E-state index contributed by atoms with van der Waals surface area (Å²) >= 11 is 0. The number of halogens is 2. The highest BCUT2D eigenvalue weighted by Crippen LogP contribution is 2.27. The molecule has 0 aliphatic carbocycles. The first kappa shape index (κ1) is 13.0. The molecule has 0 aliphatic rings. The molecule has 5 heteroatoms. The van der Waals surface area contributed by atoms with Gasteiger partial charge < -0.3 is 4.98 Å². The van der Waals surface area contributed by atoms with Gasteiger partial charge in [-0.2, -0.15) is 5.26 Å². The number of aromatic amines is 1. The highest BCUT2D eigenvalue weighted by atomic mass is 19.3. The first-order chi connectivity index (χ1) is 9.02. The molecule has 1 N–H and O–H groups in total. The summed E-state index contributed by atoms with van der Waals surface area (Å²) in [5.41, 5.74) is 0.646.